The molecular formula is C7H18CuP. The van der Waals surface area contributed by atoms with E-state index in [4.69, 9.17) is 0 Å². The van der Waals surface area contributed by atoms with E-state index in [1.165, 1.54) is 18.5 Å². The van der Waals surface area contributed by atoms with Gasteiger partial charge >= 0.3 is 17.1 Å². The van der Waals surface area contributed by atoms with Crippen molar-refractivity contribution in [2.45, 2.75) is 20.8 Å². The van der Waals surface area contributed by atoms with Crippen molar-refractivity contribution < 1.29 is 17.1 Å². The van der Waals surface area contributed by atoms with Crippen LogP contribution in [-0.4, -0.2) is 18.5 Å². The van der Waals surface area contributed by atoms with Crippen LogP contribution in [0.1, 0.15) is 20.8 Å². The molecule has 0 amide bonds. The number of rotatable bonds is 3. The van der Waals surface area contributed by atoms with Crippen molar-refractivity contribution in [1.82, 2.24) is 0 Å². The molecule has 0 saturated carbocycles. The average Bonchev–Trinajstić information content (AvgIpc) is 1.72. The summed E-state index contributed by atoms with van der Waals surface area (Å²) in [4.78, 5) is 0. The summed E-state index contributed by atoms with van der Waals surface area (Å²) >= 11 is 0. The van der Waals surface area contributed by atoms with Crippen LogP contribution in [0.4, 0.5) is 0 Å². The summed E-state index contributed by atoms with van der Waals surface area (Å²) in [6, 6.07) is 0. The molecule has 9 heavy (non-hydrogen) atoms. The van der Waals surface area contributed by atoms with E-state index in [0.29, 0.717) is 7.92 Å². The van der Waals surface area contributed by atoms with E-state index in [1.54, 1.807) is 0 Å². The third-order valence-electron chi connectivity index (χ3n) is 1.34. The minimum Gasteiger partial charge on any atom is -0.358 e. The van der Waals surface area contributed by atoms with Gasteiger partial charge in [0.15, 0.2) is 0 Å². The van der Waals surface area contributed by atoms with Gasteiger partial charge in [-0.3, -0.25) is 0 Å². The topological polar surface area (TPSA) is 0 Å². The van der Waals surface area contributed by atoms with Crippen LogP contribution in [0.3, 0.4) is 0 Å². The van der Waals surface area contributed by atoms with Gasteiger partial charge < -0.3 is 7.43 Å². The minimum absolute atomic E-state index is 0. The van der Waals surface area contributed by atoms with Crippen LogP contribution in [0.2, 0.25) is 0 Å². The molecule has 0 aliphatic carbocycles. The standard InChI is InChI=1S/C6H15P.CH3.Cu/c1-4-7(5-2)6-3;;/h4-6H2,1-3H3;1H3;/q;-1;+1. The van der Waals surface area contributed by atoms with E-state index >= 15 is 0 Å². The maximum atomic E-state index is 2.29. The maximum absolute atomic E-state index is 2.29. The van der Waals surface area contributed by atoms with Gasteiger partial charge in [0.1, 0.15) is 0 Å². The Morgan fingerprint density at radius 1 is 0.889 bits per heavy atom. The van der Waals surface area contributed by atoms with Crippen molar-refractivity contribution in [3.63, 3.8) is 0 Å². The van der Waals surface area contributed by atoms with Gasteiger partial charge in [-0.05, 0) is 18.5 Å². The molecular weight excluding hydrogens is 179 g/mol. The number of hydrogen-bond acceptors (Lipinski definition) is 0. The summed E-state index contributed by atoms with van der Waals surface area (Å²) in [5.74, 6) is 0. The molecule has 0 aliphatic heterocycles. The van der Waals surface area contributed by atoms with Gasteiger partial charge in [0.05, 0.1) is 0 Å². The Morgan fingerprint density at radius 3 is 1.11 bits per heavy atom. The Labute approximate surface area is 72.0 Å². The minimum atomic E-state index is 0. The normalized spacial score (nSPS) is 8.00. The molecule has 0 nitrogen and oxygen atoms in total. The van der Waals surface area contributed by atoms with Gasteiger partial charge in [-0.1, -0.05) is 20.8 Å². The first-order chi connectivity index (χ1) is 3.35. The molecule has 0 heterocycles. The largest absolute Gasteiger partial charge is 1.00 e. The Balaban J connectivity index is -0.000000180. The van der Waals surface area contributed by atoms with Crippen LogP contribution in [0.25, 0.3) is 0 Å². The molecule has 0 aromatic heterocycles. The van der Waals surface area contributed by atoms with Crippen LogP contribution in [0, 0.1) is 7.43 Å². The summed E-state index contributed by atoms with van der Waals surface area (Å²) < 4.78 is 0. The van der Waals surface area contributed by atoms with Crippen molar-refractivity contribution in [1.29, 1.82) is 0 Å². The maximum Gasteiger partial charge on any atom is 1.00 e. The van der Waals surface area contributed by atoms with E-state index in [9.17, 15) is 0 Å². The van der Waals surface area contributed by atoms with Crippen LogP contribution < -0.4 is 0 Å². The van der Waals surface area contributed by atoms with Crippen LogP contribution in [0.15, 0.2) is 0 Å². The molecule has 0 saturated heterocycles. The summed E-state index contributed by atoms with van der Waals surface area (Å²) in [6.07, 6.45) is 4.26. The molecule has 0 bridgehead atoms. The zero-order valence-electron chi connectivity index (χ0n) is 6.87. The number of hydrogen-bond donors (Lipinski definition) is 0. The predicted octanol–water partition coefficient (Wildman–Crippen LogP) is 2.98. The summed E-state index contributed by atoms with van der Waals surface area (Å²) in [6.45, 7) is 6.87. The Kier molecular flexibility index (Phi) is 21.5. The van der Waals surface area contributed by atoms with Crippen molar-refractivity contribution in [3.8, 4) is 0 Å². The zero-order valence-corrected chi connectivity index (χ0v) is 8.71. The van der Waals surface area contributed by atoms with Crippen molar-refractivity contribution in [3.05, 3.63) is 7.43 Å². The van der Waals surface area contributed by atoms with Gasteiger partial charge in [-0.15, -0.1) is 7.92 Å². The van der Waals surface area contributed by atoms with E-state index in [1.807, 2.05) is 0 Å². The van der Waals surface area contributed by atoms with E-state index in [2.05, 4.69) is 20.8 Å². The molecule has 0 radical (unpaired) electrons. The van der Waals surface area contributed by atoms with Crippen molar-refractivity contribution in [2.24, 2.45) is 0 Å². The first-order valence-corrected chi connectivity index (χ1v) is 4.97. The van der Waals surface area contributed by atoms with Crippen LogP contribution >= 0.6 is 7.92 Å². The van der Waals surface area contributed by atoms with E-state index < -0.39 is 0 Å². The second-order valence-corrected chi connectivity index (χ2v) is 4.86. The molecule has 0 aromatic carbocycles. The fourth-order valence-corrected chi connectivity index (χ4v) is 2.01. The van der Waals surface area contributed by atoms with Gasteiger partial charge in [0.25, 0.3) is 0 Å². The molecule has 0 atom stereocenters. The van der Waals surface area contributed by atoms with Gasteiger partial charge in [0.2, 0.25) is 0 Å². The summed E-state index contributed by atoms with van der Waals surface area (Å²) in [7, 11) is 0.446. The molecule has 0 fully saturated rings. The fraction of sp³-hybridized carbons (Fsp3) is 0.857. The SMILES string of the molecule is CCP(CC)CC.[CH3-].[Cu+]. The van der Waals surface area contributed by atoms with Crippen molar-refractivity contribution >= 4 is 7.92 Å². The fourth-order valence-electron chi connectivity index (χ4n) is 0.671. The molecule has 0 unspecified atom stereocenters. The summed E-state index contributed by atoms with van der Waals surface area (Å²) in [5, 5.41) is 0. The van der Waals surface area contributed by atoms with Gasteiger partial charge in [-0.25, -0.2) is 0 Å². The summed E-state index contributed by atoms with van der Waals surface area (Å²) in [5.41, 5.74) is 0. The Morgan fingerprint density at radius 2 is 1.11 bits per heavy atom. The molecule has 0 aliphatic rings. The van der Waals surface area contributed by atoms with Gasteiger partial charge in [0, 0.05) is 0 Å². The molecule has 0 aromatic rings. The molecule has 2 heteroatoms. The zero-order chi connectivity index (χ0) is 5.70. The average molecular weight is 197 g/mol. The first-order valence-electron chi connectivity index (χ1n) is 3.07. The third-order valence-corrected chi connectivity index (χ3v) is 4.02. The molecule has 0 rings (SSSR count). The second kappa shape index (κ2) is 11.7. The van der Waals surface area contributed by atoms with E-state index in [0.717, 1.165) is 0 Å². The molecule has 0 N–H and O–H groups in total. The first kappa shape index (κ1) is 16.5. The van der Waals surface area contributed by atoms with Crippen molar-refractivity contribution in [2.75, 3.05) is 18.5 Å². The van der Waals surface area contributed by atoms with Gasteiger partial charge in [-0.2, -0.15) is 0 Å². The van der Waals surface area contributed by atoms with E-state index in [-0.39, 0.29) is 24.5 Å². The third kappa shape index (κ3) is 8.95. The van der Waals surface area contributed by atoms with Crippen LogP contribution in [-0.2, 0) is 17.1 Å². The monoisotopic (exact) mass is 196 g/mol. The molecule has 62 valence electrons. The van der Waals surface area contributed by atoms with Crippen LogP contribution in [0.5, 0.6) is 0 Å². The smallest absolute Gasteiger partial charge is 0.358 e. The Bertz CT molecular complexity index is 30.4. The quantitative estimate of drug-likeness (QED) is 0.370. The Hall–Kier alpha value is 0.949. The predicted molar refractivity (Wildman–Crippen MR) is 45.0 cm³/mol. The molecule has 0 spiro atoms. The second-order valence-electron chi connectivity index (χ2n) is 1.62.